The summed E-state index contributed by atoms with van der Waals surface area (Å²) in [6, 6.07) is 15.7. The van der Waals surface area contributed by atoms with Crippen molar-refractivity contribution in [2.24, 2.45) is 0 Å². The molecule has 4 nitrogen and oxygen atoms in total. The maximum Gasteiger partial charge on any atom is 0.245 e. The second-order valence-corrected chi connectivity index (χ2v) is 10.3. The standard InChI is InChI=1S/C26H30N2O2/c1-24(2,3)18-14-16(15-19(22(18)29)25(4,5)6)26(21-12-9-13-27-21)17-10-7-8-11-20(17)28-23(26)30/h7-15,27,29H,1-6H3,(H,28,30). The average Bonchev–Trinajstić information content (AvgIpc) is 3.26. The first-order valence-corrected chi connectivity index (χ1v) is 10.4. The molecule has 1 aromatic heterocycles. The molecule has 4 rings (SSSR count). The summed E-state index contributed by atoms with van der Waals surface area (Å²) in [7, 11) is 0. The van der Waals surface area contributed by atoms with Gasteiger partial charge in [0.25, 0.3) is 0 Å². The zero-order valence-corrected chi connectivity index (χ0v) is 18.6. The molecule has 4 heteroatoms. The molecule has 0 spiro atoms. The number of carbonyl (C=O) groups excluding carboxylic acids is 1. The third-order valence-corrected chi connectivity index (χ3v) is 6.08. The van der Waals surface area contributed by atoms with Gasteiger partial charge in [-0.2, -0.15) is 0 Å². The highest BCUT2D eigenvalue weighted by atomic mass is 16.3. The molecule has 1 amide bonds. The third-order valence-electron chi connectivity index (χ3n) is 6.08. The van der Waals surface area contributed by atoms with Crippen LogP contribution in [0.3, 0.4) is 0 Å². The Morgan fingerprint density at radius 1 is 0.867 bits per heavy atom. The number of hydrogen-bond donors (Lipinski definition) is 3. The third kappa shape index (κ3) is 2.85. The number of amides is 1. The van der Waals surface area contributed by atoms with Crippen molar-refractivity contribution < 1.29 is 9.90 Å². The van der Waals surface area contributed by atoms with Gasteiger partial charge in [0, 0.05) is 23.1 Å². The van der Waals surface area contributed by atoms with Gasteiger partial charge in [-0.05, 0) is 57.9 Å². The van der Waals surface area contributed by atoms with Crippen LogP contribution in [0.1, 0.15) is 69.5 Å². The second-order valence-electron chi connectivity index (χ2n) is 10.3. The highest BCUT2D eigenvalue weighted by Crippen LogP contribution is 2.50. The number of nitrogens with one attached hydrogen (secondary N) is 2. The van der Waals surface area contributed by atoms with E-state index in [1.54, 1.807) is 0 Å². The fourth-order valence-electron chi connectivity index (χ4n) is 4.52. The Kier molecular flexibility index (Phi) is 4.39. The number of rotatable bonds is 2. The molecule has 0 saturated carbocycles. The molecule has 3 aromatic rings. The first-order valence-electron chi connectivity index (χ1n) is 10.4. The SMILES string of the molecule is CC(C)(C)c1cc(C2(c3ccc[nH]3)C(=O)Nc3ccccc32)cc(C(C)(C)C)c1O. The van der Waals surface area contributed by atoms with Gasteiger partial charge in [-0.1, -0.05) is 59.7 Å². The first-order chi connectivity index (χ1) is 14.0. The van der Waals surface area contributed by atoms with Gasteiger partial charge in [0.15, 0.2) is 0 Å². The minimum Gasteiger partial charge on any atom is -0.507 e. The molecule has 0 fully saturated rings. The van der Waals surface area contributed by atoms with Crippen molar-refractivity contribution in [2.45, 2.75) is 57.8 Å². The lowest BCUT2D eigenvalue weighted by molar-refractivity contribution is -0.118. The van der Waals surface area contributed by atoms with Gasteiger partial charge in [-0.25, -0.2) is 0 Å². The number of fused-ring (bicyclic) bond motifs is 1. The summed E-state index contributed by atoms with van der Waals surface area (Å²) in [5.74, 6) is 0.226. The molecule has 0 aliphatic carbocycles. The minimum absolute atomic E-state index is 0.0865. The van der Waals surface area contributed by atoms with Gasteiger partial charge >= 0.3 is 0 Å². The molecule has 1 aliphatic rings. The van der Waals surface area contributed by atoms with Gasteiger partial charge in [0.1, 0.15) is 11.2 Å². The summed E-state index contributed by atoms with van der Waals surface area (Å²) >= 11 is 0. The van der Waals surface area contributed by atoms with Crippen molar-refractivity contribution >= 4 is 11.6 Å². The zero-order valence-electron chi connectivity index (χ0n) is 18.6. The van der Waals surface area contributed by atoms with Gasteiger partial charge in [0.2, 0.25) is 5.91 Å². The summed E-state index contributed by atoms with van der Waals surface area (Å²) in [6.07, 6.45) is 1.85. The Balaban J connectivity index is 2.14. The van der Waals surface area contributed by atoms with Crippen LogP contribution in [-0.2, 0) is 21.0 Å². The molecular weight excluding hydrogens is 372 g/mol. The van der Waals surface area contributed by atoms with E-state index >= 15 is 0 Å². The van der Waals surface area contributed by atoms with Crippen molar-refractivity contribution in [2.75, 3.05) is 5.32 Å². The number of aromatic nitrogens is 1. The lowest BCUT2D eigenvalue weighted by atomic mass is 9.69. The van der Waals surface area contributed by atoms with Crippen LogP contribution < -0.4 is 5.32 Å². The van der Waals surface area contributed by atoms with Gasteiger partial charge in [-0.3, -0.25) is 4.79 Å². The van der Waals surface area contributed by atoms with Crippen LogP contribution in [0.25, 0.3) is 0 Å². The lowest BCUT2D eigenvalue weighted by Crippen LogP contribution is -2.38. The molecule has 0 bridgehead atoms. The molecule has 2 heterocycles. The summed E-state index contributed by atoms with van der Waals surface area (Å²) in [5.41, 5.74) is 3.52. The fraction of sp³-hybridized carbons (Fsp3) is 0.346. The van der Waals surface area contributed by atoms with Crippen molar-refractivity contribution in [1.29, 1.82) is 0 Å². The predicted molar refractivity (Wildman–Crippen MR) is 121 cm³/mol. The normalized spacial score (nSPS) is 18.9. The number of carbonyl (C=O) groups is 1. The van der Waals surface area contributed by atoms with E-state index < -0.39 is 5.41 Å². The van der Waals surface area contributed by atoms with Crippen molar-refractivity contribution in [3.63, 3.8) is 0 Å². The zero-order chi connectivity index (χ0) is 21.9. The van der Waals surface area contributed by atoms with Crippen molar-refractivity contribution in [3.8, 4) is 5.75 Å². The number of aromatic hydroxyl groups is 1. The highest BCUT2D eigenvalue weighted by Gasteiger charge is 2.51. The summed E-state index contributed by atoms with van der Waals surface area (Å²) in [5, 5.41) is 14.3. The van der Waals surface area contributed by atoms with Crippen LogP contribution >= 0.6 is 0 Å². The van der Waals surface area contributed by atoms with Gasteiger partial charge < -0.3 is 15.4 Å². The van der Waals surface area contributed by atoms with Crippen LogP contribution in [0, 0.1) is 0 Å². The number of anilines is 1. The Labute approximate surface area is 178 Å². The van der Waals surface area contributed by atoms with E-state index in [1.165, 1.54) is 0 Å². The summed E-state index contributed by atoms with van der Waals surface area (Å²) in [6.45, 7) is 12.5. The largest absolute Gasteiger partial charge is 0.507 e. The molecule has 3 N–H and O–H groups in total. The van der Waals surface area contributed by atoms with E-state index in [9.17, 15) is 9.90 Å². The van der Waals surface area contributed by atoms with Crippen LogP contribution in [0.5, 0.6) is 5.75 Å². The average molecular weight is 403 g/mol. The maximum atomic E-state index is 13.7. The van der Waals surface area contributed by atoms with Crippen LogP contribution in [0.4, 0.5) is 5.69 Å². The molecule has 30 heavy (non-hydrogen) atoms. The Hall–Kier alpha value is -3.01. The molecular formula is C26H30N2O2. The fourth-order valence-corrected chi connectivity index (χ4v) is 4.52. The molecule has 156 valence electrons. The van der Waals surface area contributed by atoms with E-state index in [2.05, 4.69) is 51.8 Å². The van der Waals surface area contributed by atoms with Crippen molar-refractivity contribution in [3.05, 3.63) is 82.7 Å². The van der Waals surface area contributed by atoms with E-state index in [-0.39, 0.29) is 16.7 Å². The molecule has 1 aliphatic heterocycles. The van der Waals surface area contributed by atoms with Crippen LogP contribution in [0.15, 0.2) is 54.7 Å². The first kappa shape index (κ1) is 20.3. The molecule has 1 unspecified atom stereocenters. The Morgan fingerprint density at radius 3 is 2.00 bits per heavy atom. The maximum absolute atomic E-state index is 13.7. The Morgan fingerprint density at radius 2 is 1.47 bits per heavy atom. The van der Waals surface area contributed by atoms with Crippen LogP contribution in [0.2, 0.25) is 0 Å². The van der Waals surface area contributed by atoms with E-state index in [1.807, 2.05) is 54.7 Å². The highest BCUT2D eigenvalue weighted by molar-refractivity contribution is 6.11. The quantitative estimate of drug-likeness (QED) is 0.522. The van der Waals surface area contributed by atoms with Crippen molar-refractivity contribution in [1.82, 2.24) is 4.98 Å². The number of benzene rings is 2. The topological polar surface area (TPSA) is 65.1 Å². The van der Waals surface area contributed by atoms with Gasteiger partial charge in [-0.15, -0.1) is 0 Å². The molecule has 1 atom stereocenters. The second kappa shape index (κ2) is 6.49. The molecule has 0 saturated heterocycles. The monoisotopic (exact) mass is 402 g/mol. The smallest absolute Gasteiger partial charge is 0.245 e. The van der Waals surface area contributed by atoms with Crippen LogP contribution in [-0.4, -0.2) is 16.0 Å². The van der Waals surface area contributed by atoms with E-state index in [0.29, 0.717) is 5.75 Å². The predicted octanol–water partition coefficient (Wildman–Crippen LogP) is 5.60. The summed E-state index contributed by atoms with van der Waals surface area (Å²) < 4.78 is 0. The number of H-pyrrole nitrogens is 1. The Bertz CT molecular complexity index is 1080. The molecule has 2 aromatic carbocycles. The minimum atomic E-state index is -1.01. The number of hydrogen-bond acceptors (Lipinski definition) is 2. The van der Waals surface area contributed by atoms with Gasteiger partial charge in [0.05, 0.1) is 0 Å². The molecule has 0 radical (unpaired) electrons. The number of aromatic amines is 1. The van der Waals surface area contributed by atoms with E-state index in [4.69, 9.17) is 0 Å². The summed E-state index contributed by atoms with van der Waals surface area (Å²) in [4.78, 5) is 17.0. The number of phenols is 1. The number of para-hydroxylation sites is 1. The number of phenolic OH excluding ortho intramolecular Hbond substituents is 1. The van der Waals surface area contributed by atoms with E-state index in [0.717, 1.165) is 33.6 Å². The lowest BCUT2D eigenvalue weighted by Gasteiger charge is -2.33.